The first-order chi connectivity index (χ1) is 17.4. The third kappa shape index (κ3) is 6.03. The van der Waals surface area contributed by atoms with Crippen molar-refractivity contribution in [1.82, 2.24) is 5.43 Å². The quantitative estimate of drug-likeness (QED) is 0.196. The summed E-state index contributed by atoms with van der Waals surface area (Å²) in [5, 5.41) is 3.99. The third-order valence-corrected chi connectivity index (χ3v) is 5.02. The summed E-state index contributed by atoms with van der Waals surface area (Å²) >= 11 is 0. The molecule has 0 saturated heterocycles. The van der Waals surface area contributed by atoms with Crippen LogP contribution in [0.3, 0.4) is 0 Å². The van der Waals surface area contributed by atoms with Crippen LogP contribution in [0.2, 0.25) is 0 Å². The van der Waals surface area contributed by atoms with Crippen LogP contribution in [0, 0.1) is 0 Å². The molecule has 0 aliphatic carbocycles. The lowest BCUT2D eigenvalue weighted by atomic mass is 10.1. The van der Waals surface area contributed by atoms with Crippen LogP contribution in [0.15, 0.2) is 59.7 Å². The second kappa shape index (κ2) is 12.1. The van der Waals surface area contributed by atoms with E-state index in [9.17, 15) is 9.59 Å². The predicted molar refractivity (Wildman–Crippen MR) is 132 cm³/mol. The van der Waals surface area contributed by atoms with Crippen molar-refractivity contribution in [2.45, 2.75) is 0 Å². The number of rotatable bonds is 10. The van der Waals surface area contributed by atoms with Crippen LogP contribution >= 0.6 is 0 Å². The maximum absolute atomic E-state index is 12.6. The van der Waals surface area contributed by atoms with Gasteiger partial charge in [0.05, 0.1) is 47.3 Å². The summed E-state index contributed by atoms with van der Waals surface area (Å²) in [7, 11) is 7.39. The predicted octanol–water partition coefficient (Wildman–Crippen LogP) is 3.71. The van der Waals surface area contributed by atoms with E-state index in [0.29, 0.717) is 39.9 Å². The van der Waals surface area contributed by atoms with Gasteiger partial charge in [-0.2, -0.15) is 5.10 Å². The molecule has 3 aromatic rings. The van der Waals surface area contributed by atoms with Crippen LogP contribution < -0.4 is 33.8 Å². The summed E-state index contributed by atoms with van der Waals surface area (Å²) < 4.78 is 31.7. The van der Waals surface area contributed by atoms with Gasteiger partial charge in [-0.3, -0.25) is 4.79 Å². The van der Waals surface area contributed by atoms with Crippen LogP contribution in [-0.4, -0.2) is 53.6 Å². The number of esters is 1. The molecular weight excluding hydrogens is 468 g/mol. The Bertz CT molecular complexity index is 1230. The molecule has 10 nitrogen and oxygen atoms in total. The highest BCUT2D eigenvalue weighted by atomic mass is 16.6. The van der Waals surface area contributed by atoms with Gasteiger partial charge in [-0.25, -0.2) is 10.2 Å². The fourth-order valence-electron chi connectivity index (χ4n) is 3.18. The Morgan fingerprint density at radius 2 is 1.33 bits per heavy atom. The Balaban J connectivity index is 1.70. The fraction of sp³-hybridized carbons (Fsp3) is 0.192. The topological polar surface area (TPSA) is 114 Å². The number of methoxy groups -OCH3 is 5. The van der Waals surface area contributed by atoms with E-state index in [-0.39, 0.29) is 11.3 Å². The van der Waals surface area contributed by atoms with Crippen LogP contribution in [0.4, 0.5) is 0 Å². The molecule has 0 radical (unpaired) electrons. The lowest BCUT2D eigenvalue weighted by Crippen LogP contribution is -2.18. The molecule has 0 saturated carbocycles. The average Bonchev–Trinajstić information content (AvgIpc) is 2.92. The molecule has 10 heteroatoms. The van der Waals surface area contributed by atoms with Crippen molar-refractivity contribution in [3.05, 3.63) is 71.3 Å². The van der Waals surface area contributed by atoms with E-state index in [4.69, 9.17) is 28.4 Å². The number of hydrogen-bond acceptors (Lipinski definition) is 9. The van der Waals surface area contributed by atoms with E-state index < -0.39 is 11.9 Å². The van der Waals surface area contributed by atoms with Gasteiger partial charge in [0.15, 0.2) is 23.0 Å². The number of benzene rings is 3. The minimum Gasteiger partial charge on any atom is -0.497 e. The molecule has 3 aromatic carbocycles. The molecule has 0 aliphatic rings. The number of nitrogens with zero attached hydrogens (tertiary/aromatic N) is 1. The highest BCUT2D eigenvalue weighted by molar-refractivity contribution is 5.96. The first-order valence-electron chi connectivity index (χ1n) is 10.6. The zero-order chi connectivity index (χ0) is 26.1. The van der Waals surface area contributed by atoms with E-state index in [1.54, 1.807) is 49.6 Å². The Hall–Kier alpha value is -4.73. The fourth-order valence-corrected chi connectivity index (χ4v) is 3.18. The van der Waals surface area contributed by atoms with E-state index in [0.717, 1.165) is 0 Å². The Labute approximate surface area is 208 Å². The van der Waals surface area contributed by atoms with Crippen molar-refractivity contribution in [2.24, 2.45) is 5.10 Å². The largest absolute Gasteiger partial charge is 0.497 e. The van der Waals surface area contributed by atoms with Crippen molar-refractivity contribution in [3.8, 4) is 34.5 Å². The molecule has 1 N–H and O–H groups in total. The van der Waals surface area contributed by atoms with Crippen LogP contribution in [-0.2, 0) is 0 Å². The van der Waals surface area contributed by atoms with E-state index in [1.165, 1.54) is 46.8 Å². The van der Waals surface area contributed by atoms with Gasteiger partial charge >= 0.3 is 5.97 Å². The summed E-state index contributed by atoms with van der Waals surface area (Å²) in [6.45, 7) is 0. The number of carbonyl (C=O) groups excluding carboxylic acids is 2. The molecule has 0 heterocycles. The SMILES string of the molecule is COc1ccc(C(=O)Oc2ccc(/C=N/NC(=O)c3cc(OC)c(OC)c(OC)c3)cc2OC)cc1. The molecule has 3 rings (SSSR count). The lowest BCUT2D eigenvalue weighted by Gasteiger charge is -2.13. The average molecular weight is 495 g/mol. The van der Waals surface area contributed by atoms with Gasteiger partial charge in [-0.05, 0) is 60.2 Å². The number of nitrogens with one attached hydrogen (secondary N) is 1. The molecular formula is C26H26N2O8. The maximum Gasteiger partial charge on any atom is 0.343 e. The van der Waals surface area contributed by atoms with Crippen molar-refractivity contribution >= 4 is 18.1 Å². The summed E-state index contributed by atoms with van der Waals surface area (Å²) in [5.74, 6) is 1.21. The molecule has 1 amide bonds. The van der Waals surface area contributed by atoms with Gasteiger partial charge in [0.2, 0.25) is 5.75 Å². The molecule has 0 spiro atoms. The second-order valence-electron chi connectivity index (χ2n) is 7.14. The summed E-state index contributed by atoms with van der Waals surface area (Å²) in [4.78, 5) is 25.0. The van der Waals surface area contributed by atoms with Crippen LogP contribution in [0.1, 0.15) is 26.3 Å². The zero-order valence-corrected chi connectivity index (χ0v) is 20.5. The monoisotopic (exact) mass is 494 g/mol. The Morgan fingerprint density at radius 3 is 1.89 bits per heavy atom. The highest BCUT2D eigenvalue weighted by Crippen LogP contribution is 2.38. The molecule has 0 aromatic heterocycles. The Kier molecular flexibility index (Phi) is 8.71. The number of carbonyl (C=O) groups is 2. The summed E-state index contributed by atoms with van der Waals surface area (Å²) in [6.07, 6.45) is 1.42. The number of hydrogen-bond donors (Lipinski definition) is 1. The normalized spacial score (nSPS) is 10.5. The van der Waals surface area contributed by atoms with E-state index in [2.05, 4.69) is 10.5 Å². The Morgan fingerprint density at radius 1 is 0.694 bits per heavy atom. The molecule has 36 heavy (non-hydrogen) atoms. The number of hydrazone groups is 1. The van der Waals surface area contributed by atoms with Gasteiger partial charge in [-0.15, -0.1) is 0 Å². The number of ether oxygens (including phenoxy) is 6. The molecule has 0 fully saturated rings. The molecule has 188 valence electrons. The van der Waals surface area contributed by atoms with Crippen LogP contribution in [0.5, 0.6) is 34.5 Å². The summed E-state index contributed by atoms with van der Waals surface area (Å²) in [5.41, 5.74) is 3.67. The first kappa shape index (κ1) is 25.9. The highest BCUT2D eigenvalue weighted by Gasteiger charge is 2.17. The lowest BCUT2D eigenvalue weighted by molar-refractivity contribution is 0.0729. The smallest absolute Gasteiger partial charge is 0.343 e. The molecule has 0 atom stereocenters. The van der Waals surface area contributed by atoms with Gasteiger partial charge in [-0.1, -0.05) is 0 Å². The minimum absolute atomic E-state index is 0.233. The van der Waals surface area contributed by atoms with Gasteiger partial charge in [0.25, 0.3) is 5.91 Å². The van der Waals surface area contributed by atoms with Gasteiger partial charge in [0, 0.05) is 5.56 Å². The maximum atomic E-state index is 12.6. The second-order valence-corrected chi connectivity index (χ2v) is 7.14. The molecule has 0 bridgehead atoms. The molecule has 0 unspecified atom stereocenters. The summed E-state index contributed by atoms with van der Waals surface area (Å²) in [6, 6.07) is 14.4. The standard InChI is InChI=1S/C26H26N2O8/c1-31-19-9-7-17(8-10-19)26(30)36-20-11-6-16(12-21(20)32-2)15-27-28-25(29)18-13-22(33-3)24(35-5)23(14-18)34-4/h6-15H,1-5H3,(H,28,29)/b27-15+. The van der Waals surface area contributed by atoms with Gasteiger partial charge in [0.1, 0.15) is 5.75 Å². The number of amides is 1. The van der Waals surface area contributed by atoms with E-state index >= 15 is 0 Å². The van der Waals surface area contributed by atoms with Crippen LogP contribution in [0.25, 0.3) is 0 Å². The zero-order valence-electron chi connectivity index (χ0n) is 20.5. The van der Waals surface area contributed by atoms with Crippen molar-refractivity contribution in [1.29, 1.82) is 0 Å². The van der Waals surface area contributed by atoms with Crippen molar-refractivity contribution in [2.75, 3.05) is 35.5 Å². The first-order valence-corrected chi connectivity index (χ1v) is 10.6. The van der Waals surface area contributed by atoms with Crippen molar-refractivity contribution in [3.63, 3.8) is 0 Å². The van der Waals surface area contributed by atoms with Gasteiger partial charge < -0.3 is 28.4 Å². The third-order valence-electron chi connectivity index (χ3n) is 5.02. The molecule has 0 aliphatic heterocycles. The van der Waals surface area contributed by atoms with E-state index in [1.807, 2.05) is 0 Å². The minimum atomic E-state index is -0.546. The van der Waals surface area contributed by atoms with Crippen molar-refractivity contribution < 1.29 is 38.0 Å².